The Hall–Kier alpha value is -2.60. The molecule has 0 aliphatic heterocycles. The van der Waals surface area contributed by atoms with E-state index in [2.05, 4.69) is 11.1 Å². The number of hydrogen-bond donors (Lipinski definition) is 2. The molecule has 9 nitrogen and oxygen atoms in total. The molecule has 2 saturated carbocycles. The van der Waals surface area contributed by atoms with Gasteiger partial charge in [-0.25, -0.2) is 4.79 Å². The second-order valence-electron chi connectivity index (χ2n) is 7.99. The minimum absolute atomic E-state index is 0.0469. The van der Waals surface area contributed by atoms with Gasteiger partial charge in [0, 0.05) is 18.6 Å². The van der Waals surface area contributed by atoms with Gasteiger partial charge in [-0.3, -0.25) is 24.0 Å². The number of H-pyrrole nitrogens is 1. The van der Waals surface area contributed by atoms with Crippen LogP contribution in [0.3, 0.4) is 0 Å². The zero-order valence-electron chi connectivity index (χ0n) is 17.0. The molecule has 9 heteroatoms. The van der Waals surface area contributed by atoms with Gasteiger partial charge in [0.15, 0.2) is 5.69 Å². The van der Waals surface area contributed by atoms with Crippen LogP contribution in [0, 0.1) is 11.3 Å². The van der Waals surface area contributed by atoms with Crippen molar-refractivity contribution in [2.24, 2.45) is 0 Å². The van der Waals surface area contributed by atoms with Gasteiger partial charge in [0.25, 0.3) is 5.56 Å². The number of unbranched alkanes of at least 4 members (excludes halogenated alkanes) is 1. The number of nitrogen functional groups attached to an aromatic ring is 1. The number of aromatic amines is 1. The standard InChI is InChI=1S/C20H30N6O3/c1-2-3-11-25-18(22)17(19(28)23-20(25)29)26(15-6-4-5-7-15)16(27)13-24(12-10-21)14-8-9-14/h14-15H,2-9,11-13,22H2,1H3,(H,23,28,29). The van der Waals surface area contributed by atoms with Crippen molar-refractivity contribution in [1.29, 1.82) is 5.26 Å². The lowest BCUT2D eigenvalue weighted by Gasteiger charge is -2.31. The van der Waals surface area contributed by atoms with E-state index >= 15 is 0 Å². The van der Waals surface area contributed by atoms with Crippen LogP contribution in [0.5, 0.6) is 0 Å². The minimum atomic E-state index is -0.626. The number of nitrogens with two attached hydrogens (primary N) is 1. The van der Waals surface area contributed by atoms with E-state index in [0.717, 1.165) is 51.4 Å². The van der Waals surface area contributed by atoms with Crippen LogP contribution in [0.15, 0.2) is 9.59 Å². The van der Waals surface area contributed by atoms with E-state index in [1.165, 1.54) is 9.47 Å². The molecule has 0 saturated heterocycles. The normalized spacial score (nSPS) is 16.9. The highest BCUT2D eigenvalue weighted by Gasteiger charge is 2.36. The molecule has 29 heavy (non-hydrogen) atoms. The number of nitrogens with one attached hydrogen (secondary N) is 1. The van der Waals surface area contributed by atoms with Gasteiger partial charge in [-0.1, -0.05) is 26.2 Å². The van der Waals surface area contributed by atoms with Crippen molar-refractivity contribution in [3.8, 4) is 6.07 Å². The zero-order chi connectivity index (χ0) is 21.0. The summed E-state index contributed by atoms with van der Waals surface area (Å²) in [5.74, 6) is -0.192. The first-order valence-electron chi connectivity index (χ1n) is 10.5. The van der Waals surface area contributed by atoms with Crippen molar-refractivity contribution in [3.05, 3.63) is 20.8 Å². The number of hydrogen-bond acceptors (Lipinski definition) is 6. The molecular weight excluding hydrogens is 372 g/mol. The Bertz CT molecular complexity index is 889. The molecular formula is C20H30N6O3. The molecule has 0 bridgehead atoms. The molecule has 0 unspecified atom stereocenters. The molecule has 0 spiro atoms. The third-order valence-electron chi connectivity index (χ3n) is 5.82. The van der Waals surface area contributed by atoms with E-state index in [9.17, 15) is 14.4 Å². The van der Waals surface area contributed by atoms with Gasteiger partial charge in [0.05, 0.1) is 19.2 Å². The second kappa shape index (κ2) is 9.27. The first kappa shape index (κ1) is 21.1. The quantitative estimate of drug-likeness (QED) is 0.597. The number of amides is 1. The SMILES string of the molecule is CCCCn1c(N)c(N(C(=O)CN(CC#N)C2CC2)C2CCCC2)c(=O)[nH]c1=O. The van der Waals surface area contributed by atoms with Crippen LogP contribution in [-0.4, -0.2) is 45.5 Å². The molecule has 2 aliphatic rings. The average Bonchev–Trinajstić information content (AvgIpc) is 3.39. The molecule has 2 aliphatic carbocycles. The van der Waals surface area contributed by atoms with Crippen LogP contribution in [0.2, 0.25) is 0 Å². The number of rotatable bonds is 9. The topological polar surface area (TPSA) is 128 Å². The van der Waals surface area contributed by atoms with Crippen molar-refractivity contribution in [2.75, 3.05) is 23.7 Å². The monoisotopic (exact) mass is 402 g/mol. The summed E-state index contributed by atoms with van der Waals surface area (Å²) in [6, 6.07) is 2.25. The number of nitriles is 1. The maximum absolute atomic E-state index is 13.3. The number of aromatic nitrogens is 2. The molecule has 1 aromatic heterocycles. The summed E-state index contributed by atoms with van der Waals surface area (Å²) in [7, 11) is 0. The second-order valence-corrected chi connectivity index (χ2v) is 7.99. The van der Waals surface area contributed by atoms with E-state index in [1.807, 2.05) is 11.8 Å². The molecule has 3 rings (SSSR count). The van der Waals surface area contributed by atoms with Crippen LogP contribution < -0.4 is 21.9 Å². The number of carbonyl (C=O) groups excluding carboxylic acids is 1. The summed E-state index contributed by atoms with van der Waals surface area (Å²) < 4.78 is 1.35. The molecule has 0 radical (unpaired) electrons. The molecule has 1 amide bonds. The number of anilines is 2. The van der Waals surface area contributed by atoms with E-state index < -0.39 is 11.2 Å². The van der Waals surface area contributed by atoms with Crippen molar-refractivity contribution >= 4 is 17.4 Å². The van der Waals surface area contributed by atoms with Gasteiger partial charge in [0.1, 0.15) is 5.82 Å². The largest absolute Gasteiger partial charge is 0.383 e. The van der Waals surface area contributed by atoms with Crippen molar-refractivity contribution in [2.45, 2.75) is 76.9 Å². The molecule has 1 heterocycles. The minimum Gasteiger partial charge on any atom is -0.383 e. The third-order valence-corrected chi connectivity index (χ3v) is 5.82. The summed E-state index contributed by atoms with van der Waals surface area (Å²) >= 11 is 0. The molecule has 158 valence electrons. The Labute approximate surface area is 170 Å². The van der Waals surface area contributed by atoms with Crippen LogP contribution in [0.1, 0.15) is 58.3 Å². The molecule has 3 N–H and O–H groups in total. The predicted molar refractivity (Wildman–Crippen MR) is 111 cm³/mol. The number of nitrogens with zero attached hydrogens (tertiary/aromatic N) is 4. The fraction of sp³-hybridized carbons (Fsp3) is 0.700. The van der Waals surface area contributed by atoms with E-state index in [-0.39, 0.29) is 42.6 Å². The summed E-state index contributed by atoms with van der Waals surface area (Å²) in [5, 5.41) is 9.10. The van der Waals surface area contributed by atoms with Crippen LogP contribution in [0.4, 0.5) is 11.5 Å². The molecule has 1 aromatic rings. The van der Waals surface area contributed by atoms with E-state index in [0.29, 0.717) is 6.54 Å². The van der Waals surface area contributed by atoms with Crippen molar-refractivity contribution in [3.63, 3.8) is 0 Å². The van der Waals surface area contributed by atoms with E-state index in [4.69, 9.17) is 11.0 Å². The fourth-order valence-electron chi connectivity index (χ4n) is 4.12. The Balaban J connectivity index is 1.99. The summed E-state index contributed by atoms with van der Waals surface area (Å²) in [5.41, 5.74) is 5.18. The van der Waals surface area contributed by atoms with Gasteiger partial charge < -0.3 is 10.6 Å². The number of carbonyl (C=O) groups is 1. The third kappa shape index (κ3) is 4.70. The van der Waals surface area contributed by atoms with Gasteiger partial charge in [-0.2, -0.15) is 5.26 Å². The Morgan fingerprint density at radius 1 is 1.24 bits per heavy atom. The Morgan fingerprint density at radius 2 is 1.93 bits per heavy atom. The highest BCUT2D eigenvalue weighted by molar-refractivity contribution is 5.97. The van der Waals surface area contributed by atoms with Crippen LogP contribution in [0.25, 0.3) is 0 Å². The maximum Gasteiger partial charge on any atom is 0.330 e. The summed E-state index contributed by atoms with van der Waals surface area (Å²) in [6.07, 6.45) is 7.10. The highest BCUT2D eigenvalue weighted by atomic mass is 16.2. The maximum atomic E-state index is 13.3. The van der Waals surface area contributed by atoms with Gasteiger partial charge in [-0.15, -0.1) is 0 Å². The smallest absolute Gasteiger partial charge is 0.330 e. The molecule has 0 atom stereocenters. The fourth-order valence-corrected chi connectivity index (χ4v) is 4.12. The van der Waals surface area contributed by atoms with Gasteiger partial charge in [0.2, 0.25) is 5.91 Å². The Morgan fingerprint density at radius 3 is 2.52 bits per heavy atom. The predicted octanol–water partition coefficient (Wildman–Crippen LogP) is 1.18. The first-order valence-corrected chi connectivity index (χ1v) is 10.5. The first-order chi connectivity index (χ1) is 14.0. The highest BCUT2D eigenvalue weighted by Crippen LogP contribution is 2.31. The lowest BCUT2D eigenvalue weighted by molar-refractivity contribution is -0.120. The molecule has 2 fully saturated rings. The summed E-state index contributed by atoms with van der Waals surface area (Å²) in [4.78, 5) is 44.1. The lowest BCUT2D eigenvalue weighted by atomic mass is 10.1. The van der Waals surface area contributed by atoms with E-state index in [1.54, 1.807) is 0 Å². The van der Waals surface area contributed by atoms with Crippen LogP contribution >= 0.6 is 0 Å². The Kier molecular flexibility index (Phi) is 6.75. The van der Waals surface area contributed by atoms with Gasteiger partial charge in [-0.05, 0) is 32.1 Å². The lowest BCUT2D eigenvalue weighted by Crippen LogP contribution is -2.49. The summed E-state index contributed by atoms with van der Waals surface area (Å²) in [6.45, 7) is 2.64. The zero-order valence-corrected chi connectivity index (χ0v) is 17.0. The molecule has 0 aromatic carbocycles. The van der Waals surface area contributed by atoms with Gasteiger partial charge >= 0.3 is 5.69 Å². The van der Waals surface area contributed by atoms with Crippen LogP contribution in [-0.2, 0) is 11.3 Å². The van der Waals surface area contributed by atoms with Crippen molar-refractivity contribution < 1.29 is 4.79 Å². The van der Waals surface area contributed by atoms with Crippen molar-refractivity contribution in [1.82, 2.24) is 14.5 Å². The average molecular weight is 402 g/mol.